The molecule has 0 atom stereocenters. The van der Waals surface area contributed by atoms with Crippen molar-refractivity contribution in [2.24, 2.45) is 0 Å². The van der Waals surface area contributed by atoms with Crippen molar-refractivity contribution in [3.05, 3.63) is 64.7 Å². The normalized spacial score (nSPS) is 16.2. The standard InChI is InChI=1S/C23H27F3N2O4S/c1-16-20(22(29)32-3)8-5-9-21(16)33(30,31)28-12-10-19(11-13-28)27(2)15-17-6-4-7-18(14-17)23(24,25)26/h4-9,14,19H,10-13,15H2,1-3H3. The number of hydrogen-bond acceptors (Lipinski definition) is 5. The number of carbonyl (C=O) groups excluding carboxylic acids is 1. The van der Waals surface area contributed by atoms with E-state index in [9.17, 15) is 26.4 Å². The van der Waals surface area contributed by atoms with Gasteiger partial charge in [-0.1, -0.05) is 24.3 Å². The SMILES string of the molecule is COC(=O)c1cccc(S(=O)(=O)N2CCC(N(C)Cc3cccc(C(F)(F)F)c3)CC2)c1C. The topological polar surface area (TPSA) is 66.9 Å². The Hall–Kier alpha value is -2.43. The molecular weight excluding hydrogens is 457 g/mol. The average molecular weight is 485 g/mol. The fourth-order valence-electron chi connectivity index (χ4n) is 4.15. The molecule has 1 aliphatic rings. The maximum atomic E-state index is 13.2. The van der Waals surface area contributed by atoms with E-state index in [-0.39, 0.29) is 29.6 Å². The molecule has 2 aromatic rings. The van der Waals surface area contributed by atoms with Crippen LogP contribution in [0.5, 0.6) is 0 Å². The van der Waals surface area contributed by atoms with Crippen molar-refractivity contribution in [2.75, 3.05) is 27.2 Å². The number of methoxy groups -OCH3 is 1. The fraction of sp³-hybridized carbons (Fsp3) is 0.435. The zero-order valence-electron chi connectivity index (χ0n) is 18.7. The molecule has 0 N–H and O–H groups in total. The van der Waals surface area contributed by atoms with E-state index in [1.54, 1.807) is 13.0 Å². The first kappa shape index (κ1) is 25.2. The molecule has 6 nitrogen and oxygen atoms in total. The van der Waals surface area contributed by atoms with Crippen molar-refractivity contribution in [3.63, 3.8) is 0 Å². The second-order valence-electron chi connectivity index (χ2n) is 8.17. The summed E-state index contributed by atoms with van der Waals surface area (Å²) >= 11 is 0. The first-order chi connectivity index (χ1) is 15.4. The number of benzene rings is 2. The van der Waals surface area contributed by atoms with Gasteiger partial charge in [0.25, 0.3) is 0 Å². The van der Waals surface area contributed by atoms with E-state index in [1.165, 1.54) is 35.7 Å². The predicted molar refractivity (Wildman–Crippen MR) is 117 cm³/mol. The number of ether oxygens (including phenoxy) is 1. The second kappa shape index (κ2) is 9.82. The van der Waals surface area contributed by atoms with Gasteiger partial charge in [-0.05, 0) is 56.1 Å². The van der Waals surface area contributed by atoms with Crippen LogP contribution in [0.2, 0.25) is 0 Å². The number of piperidine rings is 1. The lowest BCUT2D eigenvalue weighted by molar-refractivity contribution is -0.137. The highest BCUT2D eigenvalue weighted by Crippen LogP contribution is 2.30. The highest BCUT2D eigenvalue weighted by Gasteiger charge is 2.33. The van der Waals surface area contributed by atoms with Gasteiger partial charge in [-0.25, -0.2) is 13.2 Å². The molecule has 0 aromatic heterocycles. The Morgan fingerprint density at radius 2 is 1.79 bits per heavy atom. The van der Waals surface area contributed by atoms with Gasteiger partial charge >= 0.3 is 12.1 Å². The Morgan fingerprint density at radius 3 is 2.39 bits per heavy atom. The molecule has 10 heteroatoms. The highest BCUT2D eigenvalue weighted by molar-refractivity contribution is 7.89. The number of halogens is 3. The largest absolute Gasteiger partial charge is 0.465 e. The van der Waals surface area contributed by atoms with E-state index in [1.807, 2.05) is 11.9 Å². The molecule has 180 valence electrons. The van der Waals surface area contributed by atoms with Crippen molar-refractivity contribution >= 4 is 16.0 Å². The molecule has 3 rings (SSSR count). The van der Waals surface area contributed by atoms with E-state index in [4.69, 9.17) is 4.74 Å². The molecule has 33 heavy (non-hydrogen) atoms. The molecule has 0 unspecified atom stereocenters. The number of carbonyl (C=O) groups is 1. The van der Waals surface area contributed by atoms with E-state index in [0.29, 0.717) is 30.5 Å². The maximum absolute atomic E-state index is 13.2. The molecule has 0 amide bonds. The minimum absolute atomic E-state index is 0.0356. The number of esters is 1. The monoisotopic (exact) mass is 484 g/mol. The van der Waals surface area contributed by atoms with Crippen LogP contribution in [0.3, 0.4) is 0 Å². The summed E-state index contributed by atoms with van der Waals surface area (Å²) in [5.74, 6) is -0.598. The van der Waals surface area contributed by atoms with Gasteiger partial charge in [0.05, 0.1) is 23.1 Å². The average Bonchev–Trinajstić information content (AvgIpc) is 2.78. The summed E-state index contributed by atoms with van der Waals surface area (Å²) in [5, 5.41) is 0. The molecule has 1 saturated heterocycles. The maximum Gasteiger partial charge on any atom is 0.416 e. The highest BCUT2D eigenvalue weighted by atomic mass is 32.2. The van der Waals surface area contributed by atoms with Crippen LogP contribution in [0, 0.1) is 6.92 Å². The van der Waals surface area contributed by atoms with Crippen LogP contribution in [0.4, 0.5) is 13.2 Å². The lowest BCUT2D eigenvalue weighted by Crippen LogP contribution is -2.45. The van der Waals surface area contributed by atoms with Gasteiger partial charge in [0.15, 0.2) is 0 Å². The van der Waals surface area contributed by atoms with Gasteiger partial charge in [-0.3, -0.25) is 4.90 Å². The first-order valence-electron chi connectivity index (χ1n) is 10.5. The van der Waals surface area contributed by atoms with Gasteiger partial charge in [0, 0.05) is 25.7 Å². The van der Waals surface area contributed by atoms with Crippen LogP contribution in [-0.4, -0.2) is 56.9 Å². The quantitative estimate of drug-likeness (QED) is 0.578. The Labute approximate surface area is 192 Å². The molecule has 0 spiro atoms. The summed E-state index contributed by atoms with van der Waals surface area (Å²) in [6, 6.07) is 9.79. The minimum Gasteiger partial charge on any atom is -0.465 e. The smallest absolute Gasteiger partial charge is 0.416 e. The zero-order chi connectivity index (χ0) is 24.4. The Balaban J connectivity index is 1.68. The molecule has 0 bridgehead atoms. The molecular formula is C23H27F3N2O4S. The van der Waals surface area contributed by atoms with Crippen molar-refractivity contribution in [2.45, 2.75) is 43.4 Å². The molecule has 1 aliphatic heterocycles. The van der Waals surface area contributed by atoms with Crippen molar-refractivity contribution in [1.82, 2.24) is 9.21 Å². The fourth-order valence-corrected chi connectivity index (χ4v) is 5.87. The Bertz CT molecular complexity index is 1110. The summed E-state index contributed by atoms with van der Waals surface area (Å²) in [6.07, 6.45) is -3.30. The molecule has 1 fully saturated rings. The van der Waals surface area contributed by atoms with Gasteiger partial charge in [-0.2, -0.15) is 17.5 Å². The van der Waals surface area contributed by atoms with E-state index in [2.05, 4.69) is 0 Å². The van der Waals surface area contributed by atoms with Gasteiger partial charge in [-0.15, -0.1) is 0 Å². The van der Waals surface area contributed by atoms with Crippen LogP contribution >= 0.6 is 0 Å². The number of rotatable bonds is 6. The number of alkyl halides is 3. The second-order valence-corrected chi connectivity index (χ2v) is 10.1. The molecule has 0 saturated carbocycles. The van der Waals surface area contributed by atoms with Gasteiger partial charge in [0.2, 0.25) is 10.0 Å². The van der Waals surface area contributed by atoms with Crippen molar-refractivity contribution < 1.29 is 31.1 Å². The van der Waals surface area contributed by atoms with E-state index in [0.717, 1.165) is 12.1 Å². The zero-order valence-corrected chi connectivity index (χ0v) is 19.5. The van der Waals surface area contributed by atoms with Gasteiger partial charge < -0.3 is 4.74 Å². The molecule has 1 heterocycles. The first-order valence-corrected chi connectivity index (χ1v) is 11.9. The summed E-state index contributed by atoms with van der Waals surface area (Å²) < 4.78 is 71.5. The summed E-state index contributed by atoms with van der Waals surface area (Å²) in [7, 11) is -0.733. The third kappa shape index (κ3) is 5.56. The number of nitrogens with zero attached hydrogens (tertiary/aromatic N) is 2. The minimum atomic E-state index is -4.39. The predicted octanol–water partition coefficient (Wildman–Crippen LogP) is 4.09. The molecule has 0 radical (unpaired) electrons. The van der Waals surface area contributed by atoms with Crippen LogP contribution in [0.25, 0.3) is 0 Å². The van der Waals surface area contributed by atoms with Crippen LogP contribution in [0.1, 0.15) is 39.9 Å². The van der Waals surface area contributed by atoms with Crippen LogP contribution in [-0.2, 0) is 27.5 Å². The van der Waals surface area contributed by atoms with Gasteiger partial charge in [0.1, 0.15) is 0 Å². The van der Waals surface area contributed by atoms with Crippen molar-refractivity contribution in [3.8, 4) is 0 Å². The summed E-state index contributed by atoms with van der Waals surface area (Å²) in [5.41, 5.74) is 0.416. The van der Waals surface area contributed by atoms with E-state index < -0.39 is 27.7 Å². The van der Waals surface area contributed by atoms with Crippen LogP contribution in [0.15, 0.2) is 47.4 Å². The number of sulfonamides is 1. The van der Waals surface area contributed by atoms with E-state index >= 15 is 0 Å². The number of hydrogen-bond donors (Lipinski definition) is 0. The summed E-state index contributed by atoms with van der Waals surface area (Å²) in [6.45, 7) is 2.47. The lowest BCUT2D eigenvalue weighted by Gasteiger charge is -2.36. The summed E-state index contributed by atoms with van der Waals surface area (Å²) in [4.78, 5) is 14.0. The third-order valence-electron chi connectivity index (χ3n) is 6.04. The Kier molecular flexibility index (Phi) is 7.50. The Morgan fingerprint density at radius 1 is 1.15 bits per heavy atom. The van der Waals surface area contributed by atoms with Crippen molar-refractivity contribution in [1.29, 1.82) is 0 Å². The third-order valence-corrected chi connectivity index (χ3v) is 8.08. The molecule has 0 aliphatic carbocycles. The van der Waals surface area contributed by atoms with Crippen LogP contribution < -0.4 is 0 Å². The molecule has 2 aromatic carbocycles. The lowest BCUT2D eigenvalue weighted by atomic mass is 10.0.